The molecule has 0 heterocycles. The van der Waals surface area contributed by atoms with Crippen molar-refractivity contribution < 1.29 is 9.78 Å². The molecular formula is C5H10O2. The first-order chi connectivity index (χ1) is 3.41. The molecule has 0 rings (SSSR count). The SMILES string of the molecule is C/C=C\COOC. The molecule has 2 nitrogen and oxygen atoms in total. The van der Waals surface area contributed by atoms with Gasteiger partial charge in [0.25, 0.3) is 0 Å². The first-order valence-electron chi connectivity index (χ1n) is 2.18. The van der Waals surface area contributed by atoms with E-state index in [9.17, 15) is 0 Å². The average Bonchev–Trinajstić information content (AvgIpc) is 1.69. The van der Waals surface area contributed by atoms with Crippen LogP contribution in [0, 0.1) is 0 Å². The van der Waals surface area contributed by atoms with Crippen molar-refractivity contribution >= 4 is 0 Å². The van der Waals surface area contributed by atoms with Crippen molar-refractivity contribution in [2.75, 3.05) is 13.7 Å². The van der Waals surface area contributed by atoms with Crippen LogP contribution in [0.4, 0.5) is 0 Å². The zero-order chi connectivity index (χ0) is 5.54. The molecule has 42 valence electrons. The normalized spacial score (nSPS) is 10.6. The van der Waals surface area contributed by atoms with Crippen LogP contribution in [0.1, 0.15) is 6.92 Å². The molecule has 7 heavy (non-hydrogen) atoms. The van der Waals surface area contributed by atoms with Gasteiger partial charge >= 0.3 is 0 Å². The Morgan fingerprint density at radius 3 is 2.71 bits per heavy atom. The fourth-order valence-corrected chi connectivity index (χ4v) is 0.204. The van der Waals surface area contributed by atoms with Gasteiger partial charge in [-0.05, 0) is 6.92 Å². The Bertz CT molecular complexity index is 50.0. The second-order valence-electron chi connectivity index (χ2n) is 1.02. The third kappa shape index (κ3) is 5.66. The molecule has 0 amide bonds. The number of hydrogen-bond donors (Lipinski definition) is 0. The van der Waals surface area contributed by atoms with Gasteiger partial charge in [0.05, 0.1) is 7.11 Å². The van der Waals surface area contributed by atoms with E-state index >= 15 is 0 Å². The minimum absolute atomic E-state index is 0.535. The van der Waals surface area contributed by atoms with Gasteiger partial charge in [-0.1, -0.05) is 12.2 Å². The van der Waals surface area contributed by atoms with E-state index in [0.29, 0.717) is 6.61 Å². The minimum Gasteiger partial charge on any atom is -0.240 e. The van der Waals surface area contributed by atoms with Crippen molar-refractivity contribution in [3.8, 4) is 0 Å². The van der Waals surface area contributed by atoms with E-state index in [1.54, 1.807) is 0 Å². The molecule has 0 aliphatic rings. The summed E-state index contributed by atoms with van der Waals surface area (Å²) in [6, 6.07) is 0. The monoisotopic (exact) mass is 102 g/mol. The van der Waals surface area contributed by atoms with Gasteiger partial charge < -0.3 is 0 Å². The van der Waals surface area contributed by atoms with Crippen LogP contribution in [-0.4, -0.2) is 13.7 Å². The quantitative estimate of drug-likeness (QED) is 0.230. The fraction of sp³-hybridized carbons (Fsp3) is 0.600. The van der Waals surface area contributed by atoms with Gasteiger partial charge in [0.2, 0.25) is 0 Å². The van der Waals surface area contributed by atoms with Crippen LogP contribution in [-0.2, 0) is 9.78 Å². The molecule has 0 bridgehead atoms. The lowest BCUT2D eigenvalue weighted by Gasteiger charge is -1.89. The molecule has 0 aromatic carbocycles. The molecule has 0 saturated carbocycles. The van der Waals surface area contributed by atoms with Crippen LogP contribution in [0.25, 0.3) is 0 Å². The lowest BCUT2D eigenvalue weighted by molar-refractivity contribution is -0.263. The molecule has 0 unspecified atom stereocenters. The summed E-state index contributed by atoms with van der Waals surface area (Å²) in [7, 11) is 1.49. The Morgan fingerprint density at radius 1 is 1.57 bits per heavy atom. The second kappa shape index (κ2) is 5.66. The van der Waals surface area contributed by atoms with Crippen molar-refractivity contribution in [1.82, 2.24) is 0 Å². The molecule has 0 aliphatic heterocycles. The van der Waals surface area contributed by atoms with E-state index in [0.717, 1.165) is 0 Å². The molecule has 0 N–H and O–H groups in total. The van der Waals surface area contributed by atoms with Crippen LogP contribution in [0.3, 0.4) is 0 Å². The van der Waals surface area contributed by atoms with Gasteiger partial charge in [-0.15, -0.1) is 0 Å². The zero-order valence-electron chi connectivity index (χ0n) is 4.68. The summed E-state index contributed by atoms with van der Waals surface area (Å²) >= 11 is 0. The first-order valence-corrected chi connectivity index (χ1v) is 2.18. The maximum atomic E-state index is 4.49. The third-order valence-electron chi connectivity index (χ3n) is 0.518. The lowest BCUT2D eigenvalue weighted by Crippen LogP contribution is -1.86. The average molecular weight is 102 g/mol. The van der Waals surface area contributed by atoms with Crippen molar-refractivity contribution in [1.29, 1.82) is 0 Å². The first kappa shape index (κ1) is 6.66. The van der Waals surface area contributed by atoms with E-state index in [-0.39, 0.29) is 0 Å². The predicted molar refractivity (Wildman–Crippen MR) is 27.8 cm³/mol. The Kier molecular flexibility index (Phi) is 5.39. The summed E-state index contributed by atoms with van der Waals surface area (Å²) in [6.07, 6.45) is 3.77. The molecule has 0 atom stereocenters. The Hall–Kier alpha value is -0.340. The third-order valence-corrected chi connectivity index (χ3v) is 0.518. The van der Waals surface area contributed by atoms with Gasteiger partial charge in [0.15, 0.2) is 0 Å². The van der Waals surface area contributed by atoms with Gasteiger partial charge in [-0.3, -0.25) is 0 Å². The van der Waals surface area contributed by atoms with E-state index < -0.39 is 0 Å². The minimum atomic E-state index is 0.535. The van der Waals surface area contributed by atoms with Crippen molar-refractivity contribution in [3.05, 3.63) is 12.2 Å². The summed E-state index contributed by atoms with van der Waals surface area (Å²) in [5.41, 5.74) is 0. The highest BCUT2D eigenvalue weighted by atomic mass is 17.2. The van der Waals surface area contributed by atoms with Crippen molar-refractivity contribution in [2.45, 2.75) is 6.92 Å². The molecular weight excluding hydrogens is 92.1 g/mol. The fourth-order valence-electron chi connectivity index (χ4n) is 0.204. The molecule has 0 spiro atoms. The summed E-state index contributed by atoms with van der Waals surface area (Å²) in [5, 5.41) is 0. The largest absolute Gasteiger partial charge is 0.240 e. The summed E-state index contributed by atoms with van der Waals surface area (Å²) in [4.78, 5) is 8.78. The number of rotatable bonds is 3. The topological polar surface area (TPSA) is 18.5 Å². The second-order valence-corrected chi connectivity index (χ2v) is 1.02. The highest BCUT2D eigenvalue weighted by molar-refractivity contribution is 4.74. The highest BCUT2D eigenvalue weighted by Gasteiger charge is 1.70. The Labute approximate surface area is 43.7 Å². The molecule has 0 radical (unpaired) electrons. The predicted octanol–water partition coefficient (Wildman–Crippen LogP) is 1.14. The van der Waals surface area contributed by atoms with Crippen LogP contribution in [0.15, 0.2) is 12.2 Å². The summed E-state index contributed by atoms with van der Waals surface area (Å²) in [5.74, 6) is 0. The van der Waals surface area contributed by atoms with Gasteiger partial charge in [0.1, 0.15) is 6.61 Å². The zero-order valence-corrected chi connectivity index (χ0v) is 4.68. The molecule has 0 saturated heterocycles. The molecule has 2 heteroatoms. The molecule has 0 aromatic rings. The van der Waals surface area contributed by atoms with Crippen molar-refractivity contribution in [2.24, 2.45) is 0 Å². The Morgan fingerprint density at radius 2 is 2.29 bits per heavy atom. The molecule has 0 aliphatic carbocycles. The highest BCUT2D eigenvalue weighted by Crippen LogP contribution is 1.73. The van der Waals surface area contributed by atoms with E-state index in [1.165, 1.54) is 7.11 Å². The molecule has 0 aromatic heterocycles. The van der Waals surface area contributed by atoms with Crippen LogP contribution in [0.2, 0.25) is 0 Å². The van der Waals surface area contributed by atoms with E-state index in [1.807, 2.05) is 19.1 Å². The maximum Gasteiger partial charge on any atom is 0.100 e. The lowest BCUT2D eigenvalue weighted by atomic mass is 10.6. The standard InChI is InChI=1S/C5H10O2/c1-3-4-5-7-6-2/h3-4H,5H2,1-2H3/b4-3-. The summed E-state index contributed by atoms with van der Waals surface area (Å²) < 4.78 is 0. The van der Waals surface area contributed by atoms with Gasteiger partial charge in [-0.25, -0.2) is 9.78 Å². The van der Waals surface area contributed by atoms with Gasteiger partial charge in [0, 0.05) is 0 Å². The Balaban J connectivity index is 2.69. The smallest absolute Gasteiger partial charge is 0.100 e. The van der Waals surface area contributed by atoms with Crippen LogP contribution < -0.4 is 0 Å². The summed E-state index contributed by atoms with van der Waals surface area (Å²) in [6.45, 7) is 2.46. The van der Waals surface area contributed by atoms with Crippen LogP contribution >= 0.6 is 0 Å². The number of allylic oxidation sites excluding steroid dienone is 1. The maximum absolute atomic E-state index is 4.49. The van der Waals surface area contributed by atoms with E-state index in [2.05, 4.69) is 9.78 Å². The van der Waals surface area contributed by atoms with Crippen molar-refractivity contribution in [3.63, 3.8) is 0 Å². The van der Waals surface area contributed by atoms with Crippen LogP contribution in [0.5, 0.6) is 0 Å². The number of hydrogen-bond acceptors (Lipinski definition) is 2. The molecule has 0 fully saturated rings. The van der Waals surface area contributed by atoms with E-state index in [4.69, 9.17) is 0 Å². The van der Waals surface area contributed by atoms with Gasteiger partial charge in [-0.2, -0.15) is 0 Å².